The molecule has 1 atom stereocenters. The van der Waals surface area contributed by atoms with Crippen molar-refractivity contribution in [2.45, 2.75) is 18.9 Å². The summed E-state index contributed by atoms with van der Waals surface area (Å²) >= 11 is 1.66. The van der Waals surface area contributed by atoms with Gasteiger partial charge in [0.25, 0.3) is 0 Å². The van der Waals surface area contributed by atoms with Crippen LogP contribution in [0.15, 0.2) is 17.8 Å². The lowest BCUT2D eigenvalue weighted by Crippen LogP contribution is -2.29. The van der Waals surface area contributed by atoms with Crippen LogP contribution in [0.5, 0.6) is 0 Å². The van der Waals surface area contributed by atoms with Gasteiger partial charge in [-0.25, -0.2) is 4.98 Å². The van der Waals surface area contributed by atoms with Crippen LogP contribution in [0.2, 0.25) is 0 Å². The van der Waals surface area contributed by atoms with E-state index in [0.29, 0.717) is 19.3 Å². The molecule has 6 heteroatoms. The van der Waals surface area contributed by atoms with E-state index in [1.54, 1.807) is 18.4 Å². The summed E-state index contributed by atoms with van der Waals surface area (Å²) in [6.07, 6.45) is 6.05. The van der Waals surface area contributed by atoms with E-state index in [0.717, 1.165) is 30.1 Å². The highest BCUT2D eigenvalue weighted by Crippen LogP contribution is 2.13. The fraction of sp³-hybridized carbons (Fsp3) is 0.615. The maximum Gasteiger partial charge on any atom is 0.193 e. The first-order valence-corrected chi connectivity index (χ1v) is 7.36. The highest BCUT2D eigenvalue weighted by molar-refractivity contribution is 7.15. The molecule has 0 fully saturated rings. The lowest BCUT2D eigenvalue weighted by Gasteiger charge is -2.14. The van der Waals surface area contributed by atoms with Crippen LogP contribution in [0, 0.1) is 0 Å². The summed E-state index contributed by atoms with van der Waals surface area (Å²) in [5, 5.41) is 5.37. The van der Waals surface area contributed by atoms with Gasteiger partial charge < -0.3 is 14.8 Å². The summed E-state index contributed by atoms with van der Waals surface area (Å²) in [6.45, 7) is 2.06. The van der Waals surface area contributed by atoms with Gasteiger partial charge in [0.2, 0.25) is 0 Å². The quantitative estimate of drug-likeness (QED) is 0.710. The van der Waals surface area contributed by atoms with Crippen molar-refractivity contribution in [2.24, 2.45) is 0 Å². The van der Waals surface area contributed by atoms with Crippen LogP contribution in [-0.4, -0.2) is 49.4 Å². The van der Waals surface area contributed by atoms with Gasteiger partial charge in [0.1, 0.15) is 0 Å². The SMILES string of the molecule is CNC(CCOCCOC)Cc1cn2ccsc2n1. The van der Waals surface area contributed by atoms with Crippen molar-refractivity contribution in [3.8, 4) is 0 Å². The van der Waals surface area contributed by atoms with Crippen molar-refractivity contribution in [3.63, 3.8) is 0 Å². The lowest BCUT2D eigenvalue weighted by atomic mass is 10.1. The van der Waals surface area contributed by atoms with Gasteiger partial charge >= 0.3 is 0 Å². The van der Waals surface area contributed by atoms with E-state index in [1.807, 2.05) is 18.6 Å². The second-order valence-electron chi connectivity index (χ2n) is 4.41. The molecule has 0 aliphatic rings. The molecule has 106 valence electrons. The number of methoxy groups -OCH3 is 1. The number of thiazole rings is 1. The molecular formula is C13H21N3O2S. The molecular weight excluding hydrogens is 262 g/mol. The van der Waals surface area contributed by atoms with Gasteiger partial charge in [-0.2, -0.15) is 0 Å². The van der Waals surface area contributed by atoms with E-state index < -0.39 is 0 Å². The van der Waals surface area contributed by atoms with Gasteiger partial charge in [0.05, 0.1) is 18.9 Å². The number of hydrogen-bond acceptors (Lipinski definition) is 5. The smallest absolute Gasteiger partial charge is 0.193 e. The number of hydrogen-bond donors (Lipinski definition) is 1. The molecule has 0 spiro atoms. The van der Waals surface area contributed by atoms with Crippen molar-refractivity contribution < 1.29 is 9.47 Å². The van der Waals surface area contributed by atoms with Gasteiger partial charge in [-0.1, -0.05) is 0 Å². The first kappa shape index (κ1) is 14.5. The molecule has 0 aliphatic heterocycles. The molecule has 2 rings (SSSR count). The highest BCUT2D eigenvalue weighted by Gasteiger charge is 2.10. The van der Waals surface area contributed by atoms with Crippen LogP contribution in [0.4, 0.5) is 0 Å². The maximum absolute atomic E-state index is 5.50. The molecule has 0 saturated carbocycles. The van der Waals surface area contributed by atoms with E-state index in [1.165, 1.54) is 0 Å². The molecule has 0 aromatic carbocycles. The van der Waals surface area contributed by atoms with E-state index in [-0.39, 0.29) is 0 Å². The van der Waals surface area contributed by atoms with Crippen LogP contribution in [0.1, 0.15) is 12.1 Å². The molecule has 5 nitrogen and oxygen atoms in total. The molecule has 2 aromatic heterocycles. The minimum atomic E-state index is 0.396. The third-order valence-electron chi connectivity index (χ3n) is 3.05. The number of nitrogens with zero attached hydrogens (tertiary/aromatic N) is 2. The van der Waals surface area contributed by atoms with E-state index in [4.69, 9.17) is 9.47 Å². The lowest BCUT2D eigenvalue weighted by molar-refractivity contribution is 0.0661. The van der Waals surface area contributed by atoms with Crippen molar-refractivity contribution in [1.29, 1.82) is 0 Å². The summed E-state index contributed by atoms with van der Waals surface area (Å²) in [4.78, 5) is 5.66. The predicted molar refractivity (Wildman–Crippen MR) is 76.9 cm³/mol. The fourth-order valence-electron chi connectivity index (χ4n) is 1.95. The number of nitrogens with one attached hydrogen (secondary N) is 1. The van der Waals surface area contributed by atoms with Crippen molar-refractivity contribution >= 4 is 16.3 Å². The maximum atomic E-state index is 5.50. The average molecular weight is 283 g/mol. The summed E-state index contributed by atoms with van der Waals surface area (Å²) in [5.74, 6) is 0. The summed E-state index contributed by atoms with van der Waals surface area (Å²) in [6, 6.07) is 0.396. The largest absolute Gasteiger partial charge is 0.382 e. The molecule has 0 saturated heterocycles. The van der Waals surface area contributed by atoms with Crippen LogP contribution in [0.3, 0.4) is 0 Å². The summed E-state index contributed by atoms with van der Waals surface area (Å²) in [5.41, 5.74) is 1.13. The Hall–Kier alpha value is -0.950. The number of aromatic nitrogens is 2. The topological polar surface area (TPSA) is 47.8 Å². The number of imidazole rings is 1. The normalized spacial score (nSPS) is 13.2. The monoisotopic (exact) mass is 283 g/mol. The van der Waals surface area contributed by atoms with Crippen molar-refractivity contribution in [1.82, 2.24) is 14.7 Å². The van der Waals surface area contributed by atoms with Gasteiger partial charge in [0, 0.05) is 44.0 Å². The van der Waals surface area contributed by atoms with Crippen LogP contribution < -0.4 is 5.32 Å². The van der Waals surface area contributed by atoms with Gasteiger partial charge in [-0.15, -0.1) is 11.3 Å². The zero-order valence-corrected chi connectivity index (χ0v) is 12.3. The summed E-state index contributed by atoms with van der Waals surface area (Å²) < 4.78 is 12.5. The Morgan fingerprint density at radius 3 is 3.05 bits per heavy atom. The van der Waals surface area contributed by atoms with Gasteiger partial charge in [-0.05, 0) is 13.5 Å². The molecule has 0 amide bonds. The Bertz CT molecular complexity index is 454. The third kappa shape index (κ3) is 4.28. The first-order valence-electron chi connectivity index (χ1n) is 6.48. The second kappa shape index (κ2) is 7.59. The van der Waals surface area contributed by atoms with Crippen LogP contribution in [0.25, 0.3) is 4.96 Å². The fourth-order valence-corrected chi connectivity index (χ4v) is 2.66. The Balaban J connectivity index is 1.76. The number of fused-ring (bicyclic) bond motifs is 1. The van der Waals surface area contributed by atoms with Crippen LogP contribution in [-0.2, 0) is 15.9 Å². The number of likely N-dealkylation sites (N-methyl/N-ethyl adjacent to an activating group) is 1. The van der Waals surface area contributed by atoms with E-state index in [2.05, 4.69) is 20.9 Å². The zero-order valence-electron chi connectivity index (χ0n) is 11.5. The van der Waals surface area contributed by atoms with E-state index >= 15 is 0 Å². The molecule has 1 unspecified atom stereocenters. The Kier molecular flexibility index (Phi) is 5.78. The number of ether oxygens (including phenoxy) is 2. The highest BCUT2D eigenvalue weighted by atomic mass is 32.1. The Labute approximate surface area is 117 Å². The van der Waals surface area contributed by atoms with Crippen molar-refractivity contribution in [3.05, 3.63) is 23.5 Å². The second-order valence-corrected chi connectivity index (χ2v) is 5.28. The minimum absolute atomic E-state index is 0.396. The molecule has 2 heterocycles. The first-order chi connectivity index (χ1) is 9.33. The van der Waals surface area contributed by atoms with Gasteiger partial charge in [-0.3, -0.25) is 4.40 Å². The molecule has 0 aliphatic carbocycles. The summed E-state index contributed by atoms with van der Waals surface area (Å²) in [7, 11) is 3.67. The van der Waals surface area contributed by atoms with Crippen LogP contribution >= 0.6 is 11.3 Å². The predicted octanol–water partition coefficient (Wildman–Crippen LogP) is 1.58. The standard InChI is InChI=1S/C13H21N3O2S/c1-14-11(3-5-18-7-6-17-2)9-12-10-16-4-8-19-13(16)15-12/h4,8,10-11,14H,3,5-7,9H2,1-2H3. The molecule has 0 bridgehead atoms. The van der Waals surface area contributed by atoms with Crippen molar-refractivity contribution in [2.75, 3.05) is 34.0 Å². The molecule has 19 heavy (non-hydrogen) atoms. The Morgan fingerprint density at radius 2 is 2.32 bits per heavy atom. The minimum Gasteiger partial charge on any atom is -0.382 e. The van der Waals surface area contributed by atoms with Gasteiger partial charge in [0.15, 0.2) is 4.96 Å². The van der Waals surface area contributed by atoms with E-state index in [9.17, 15) is 0 Å². The number of rotatable bonds is 9. The Morgan fingerprint density at radius 1 is 1.42 bits per heavy atom. The third-order valence-corrected chi connectivity index (χ3v) is 3.82. The molecule has 2 aromatic rings. The average Bonchev–Trinajstić information content (AvgIpc) is 2.97. The molecule has 1 N–H and O–H groups in total. The molecule has 0 radical (unpaired) electrons. The zero-order chi connectivity index (χ0) is 13.5.